The molecule has 0 spiro atoms. The van der Waals surface area contributed by atoms with Gasteiger partial charge in [-0.2, -0.15) is 0 Å². The summed E-state index contributed by atoms with van der Waals surface area (Å²) in [6, 6.07) is 38.4. The number of thiophene rings is 2. The molecule has 0 aliphatic rings. The fourth-order valence-corrected chi connectivity index (χ4v) is 5.37. The number of hydrogen-bond acceptors (Lipinski definition) is 3. The van der Waals surface area contributed by atoms with E-state index in [1.165, 1.54) is 25.1 Å². The quantitative estimate of drug-likeness (QED) is 0.226. The molecule has 3 heteroatoms. The van der Waals surface area contributed by atoms with E-state index in [2.05, 4.69) is 145 Å². The third-order valence-electron chi connectivity index (χ3n) is 5.44. The van der Waals surface area contributed by atoms with E-state index in [4.69, 9.17) is 0 Å². The monoisotopic (exact) mass is 475 g/mol. The molecule has 0 N–H and O–H groups in total. The molecule has 0 amide bonds. The van der Waals surface area contributed by atoms with Crippen molar-refractivity contribution in [3.8, 4) is 0 Å². The van der Waals surface area contributed by atoms with Crippen molar-refractivity contribution in [3.63, 3.8) is 0 Å². The molecular weight excluding hydrogens is 450 g/mol. The molecule has 2 aromatic heterocycles. The van der Waals surface area contributed by atoms with Crippen LogP contribution in [0.1, 0.15) is 25.1 Å². The summed E-state index contributed by atoms with van der Waals surface area (Å²) >= 11 is 3.63. The number of nitrogens with zero attached hydrogens (tertiary/aromatic N) is 1. The fourth-order valence-electron chi connectivity index (χ4n) is 3.77. The lowest BCUT2D eigenvalue weighted by atomic mass is 10.1. The Bertz CT molecular complexity index is 1350. The molecule has 166 valence electrons. The molecule has 0 aliphatic carbocycles. The summed E-state index contributed by atoms with van der Waals surface area (Å²) in [6.07, 6.45) is 8.77. The second-order valence-corrected chi connectivity index (χ2v) is 10.4. The highest BCUT2D eigenvalue weighted by Gasteiger charge is 2.11. The second-order valence-electron chi connectivity index (χ2n) is 7.95. The van der Waals surface area contributed by atoms with Gasteiger partial charge in [0.1, 0.15) is 0 Å². The molecule has 0 unspecified atom stereocenters. The molecule has 34 heavy (non-hydrogen) atoms. The first-order chi connectivity index (χ1) is 16.7. The molecule has 0 aliphatic heterocycles. The van der Waals surface area contributed by atoms with Crippen LogP contribution in [0.25, 0.3) is 24.3 Å². The van der Waals surface area contributed by atoms with E-state index in [1.807, 2.05) is 11.3 Å². The molecule has 1 nitrogen and oxygen atoms in total. The summed E-state index contributed by atoms with van der Waals surface area (Å²) in [5.41, 5.74) is 4.62. The lowest BCUT2D eigenvalue weighted by Gasteiger charge is -2.25. The van der Waals surface area contributed by atoms with E-state index in [9.17, 15) is 0 Å². The van der Waals surface area contributed by atoms with Crippen LogP contribution < -0.4 is 4.90 Å². The standard InChI is InChI=1S/C31H25NS2/c1-24-12-18-29(33-24)20-21-31-23-22-30(34-31)19-15-25-13-16-28(17-14-25)32(26-8-4-2-5-9-26)27-10-6-3-7-11-27/h2-23H,1H3/b19-15+,21-20+. The topological polar surface area (TPSA) is 3.24 Å². The van der Waals surface area contributed by atoms with E-state index in [-0.39, 0.29) is 0 Å². The zero-order valence-corrected chi connectivity index (χ0v) is 20.6. The van der Waals surface area contributed by atoms with Gasteiger partial charge in [0.05, 0.1) is 0 Å². The zero-order chi connectivity index (χ0) is 23.2. The van der Waals surface area contributed by atoms with E-state index in [1.54, 1.807) is 11.3 Å². The third kappa shape index (κ3) is 5.45. The second kappa shape index (κ2) is 10.5. The number of para-hydroxylation sites is 2. The predicted molar refractivity (Wildman–Crippen MR) is 152 cm³/mol. The van der Waals surface area contributed by atoms with Crippen molar-refractivity contribution >= 4 is 64.0 Å². The normalized spacial score (nSPS) is 11.4. The van der Waals surface area contributed by atoms with Gasteiger partial charge < -0.3 is 4.90 Å². The molecular formula is C31H25NS2. The van der Waals surface area contributed by atoms with Crippen LogP contribution >= 0.6 is 22.7 Å². The number of hydrogen-bond donors (Lipinski definition) is 0. The summed E-state index contributed by atoms with van der Waals surface area (Å²) in [7, 11) is 0. The number of benzene rings is 3. The van der Waals surface area contributed by atoms with Crippen molar-refractivity contribution in [1.29, 1.82) is 0 Å². The maximum Gasteiger partial charge on any atom is 0.0462 e. The first-order valence-corrected chi connectivity index (χ1v) is 12.9. The molecule has 0 radical (unpaired) electrons. The van der Waals surface area contributed by atoms with Crippen LogP contribution in [0.5, 0.6) is 0 Å². The Morgan fingerprint density at radius 3 is 1.47 bits per heavy atom. The average Bonchev–Trinajstić information content (AvgIpc) is 3.52. The van der Waals surface area contributed by atoms with Crippen molar-refractivity contribution < 1.29 is 0 Å². The van der Waals surface area contributed by atoms with Gasteiger partial charge in [-0.3, -0.25) is 0 Å². The Morgan fingerprint density at radius 1 is 0.471 bits per heavy atom. The van der Waals surface area contributed by atoms with E-state index in [0.29, 0.717) is 0 Å². The lowest BCUT2D eigenvalue weighted by molar-refractivity contribution is 1.28. The van der Waals surface area contributed by atoms with Crippen molar-refractivity contribution in [2.45, 2.75) is 6.92 Å². The van der Waals surface area contributed by atoms with Crippen LogP contribution in [-0.2, 0) is 0 Å². The van der Waals surface area contributed by atoms with Crippen molar-refractivity contribution in [3.05, 3.63) is 134 Å². The molecule has 5 rings (SSSR count). The van der Waals surface area contributed by atoms with Crippen LogP contribution in [0.2, 0.25) is 0 Å². The Morgan fingerprint density at radius 2 is 0.941 bits per heavy atom. The van der Waals surface area contributed by atoms with Crippen LogP contribution in [-0.4, -0.2) is 0 Å². The highest BCUT2D eigenvalue weighted by atomic mass is 32.1. The molecule has 0 atom stereocenters. The highest BCUT2D eigenvalue weighted by molar-refractivity contribution is 7.14. The SMILES string of the molecule is Cc1ccc(/C=C/c2ccc(/C=C/c3ccc(N(c4ccccc4)c4ccccc4)cc3)s2)s1. The molecule has 0 fully saturated rings. The Labute approximate surface area is 209 Å². The molecule has 0 saturated carbocycles. The van der Waals surface area contributed by atoms with Crippen molar-refractivity contribution in [1.82, 2.24) is 0 Å². The van der Waals surface area contributed by atoms with Gasteiger partial charge >= 0.3 is 0 Å². The molecule has 3 aromatic carbocycles. The molecule has 2 heterocycles. The zero-order valence-electron chi connectivity index (χ0n) is 19.0. The van der Waals surface area contributed by atoms with E-state index >= 15 is 0 Å². The minimum absolute atomic E-state index is 1.14. The molecule has 0 saturated heterocycles. The van der Waals surface area contributed by atoms with Gasteiger partial charge in [-0.15, -0.1) is 22.7 Å². The average molecular weight is 476 g/mol. The van der Waals surface area contributed by atoms with Gasteiger partial charge in [-0.25, -0.2) is 0 Å². The number of aryl methyl sites for hydroxylation is 1. The summed E-state index contributed by atoms with van der Waals surface area (Å²) < 4.78 is 0. The smallest absolute Gasteiger partial charge is 0.0462 e. The molecule has 5 aromatic rings. The largest absolute Gasteiger partial charge is 0.311 e. The van der Waals surface area contributed by atoms with Crippen LogP contribution in [0, 0.1) is 6.92 Å². The van der Waals surface area contributed by atoms with Gasteiger partial charge in [0.25, 0.3) is 0 Å². The first-order valence-electron chi connectivity index (χ1n) is 11.3. The fraction of sp³-hybridized carbons (Fsp3) is 0.0323. The maximum atomic E-state index is 2.28. The summed E-state index contributed by atoms with van der Waals surface area (Å²) in [5.74, 6) is 0. The van der Waals surface area contributed by atoms with Gasteiger partial charge in [0, 0.05) is 36.6 Å². The summed E-state index contributed by atoms with van der Waals surface area (Å²) in [5, 5.41) is 0. The van der Waals surface area contributed by atoms with Crippen molar-refractivity contribution in [2.24, 2.45) is 0 Å². The summed E-state index contributed by atoms with van der Waals surface area (Å²) in [4.78, 5) is 7.43. The number of rotatable bonds is 7. The van der Waals surface area contributed by atoms with E-state index < -0.39 is 0 Å². The van der Waals surface area contributed by atoms with Gasteiger partial charge in [0.2, 0.25) is 0 Å². The Hall–Kier alpha value is -3.66. The highest BCUT2D eigenvalue weighted by Crippen LogP contribution is 2.34. The van der Waals surface area contributed by atoms with Crippen LogP contribution in [0.3, 0.4) is 0 Å². The van der Waals surface area contributed by atoms with Crippen molar-refractivity contribution in [2.75, 3.05) is 4.90 Å². The lowest BCUT2D eigenvalue weighted by Crippen LogP contribution is -2.09. The minimum atomic E-state index is 1.14. The first kappa shape index (κ1) is 22.1. The number of anilines is 3. The minimum Gasteiger partial charge on any atom is -0.311 e. The van der Waals surface area contributed by atoms with E-state index in [0.717, 1.165) is 17.1 Å². The van der Waals surface area contributed by atoms with Gasteiger partial charge in [-0.1, -0.05) is 54.6 Å². The Kier molecular flexibility index (Phi) is 6.85. The third-order valence-corrected chi connectivity index (χ3v) is 7.42. The summed E-state index contributed by atoms with van der Waals surface area (Å²) in [6.45, 7) is 2.14. The van der Waals surface area contributed by atoms with Gasteiger partial charge in [0.15, 0.2) is 0 Å². The van der Waals surface area contributed by atoms with Crippen LogP contribution in [0.15, 0.2) is 109 Å². The van der Waals surface area contributed by atoms with Crippen LogP contribution in [0.4, 0.5) is 17.1 Å². The van der Waals surface area contributed by atoms with Gasteiger partial charge in [-0.05, 0) is 91.4 Å². The predicted octanol–water partition coefficient (Wildman–Crippen LogP) is 9.93. The maximum absolute atomic E-state index is 2.28. The molecule has 0 bridgehead atoms. The Balaban J connectivity index is 1.32.